The third-order valence-corrected chi connectivity index (χ3v) is 9.42. The molecule has 7 rings (SSSR count). The van der Waals surface area contributed by atoms with Gasteiger partial charge >= 0.3 is 0 Å². The molecule has 0 radical (unpaired) electrons. The van der Waals surface area contributed by atoms with Gasteiger partial charge in [-0.2, -0.15) is 0 Å². The molecule has 3 fully saturated rings. The maximum absolute atomic E-state index is 5.67. The van der Waals surface area contributed by atoms with E-state index in [1.54, 1.807) is 11.3 Å². The van der Waals surface area contributed by atoms with Crippen molar-refractivity contribution in [3.05, 3.63) is 54.0 Å². The van der Waals surface area contributed by atoms with Crippen molar-refractivity contribution in [2.75, 3.05) is 50.1 Å². The van der Waals surface area contributed by atoms with Crippen LogP contribution in [0, 0.1) is 12.8 Å². The molecule has 0 aliphatic carbocycles. The zero-order valence-electron chi connectivity index (χ0n) is 21.9. The number of hydrogen-bond acceptors (Lipinski definition) is 9. The maximum Gasteiger partial charge on any atom is 0.134 e. The molecule has 0 unspecified atom stereocenters. The predicted molar refractivity (Wildman–Crippen MR) is 152 cm³/mol. The minimum Gasteiger partial charge on any atom is -0.381 e. The number of likely N-dealkylation sites (tertiary alicyclic amines) is 1. The largest absolute Gasteiger partial charge is 0.381 e. The van der Waals surface area contributed by atoms with Crippen LogP contribution in [0.15, 0.2) is 42.7 Å². The highest BCUT2D eigenvalue weighted by Crippen LogP contribution is 2.39. The molecule has 3 aliphatic heterocycles. The number of rotatable bonds is 5. The standard InChI is InChI=1S/C29H33N7OS/c1-18-13-20(5-9-30-18)29-32-23-14-27(31-15-25(23)38-29)33-26-4-3-22(19-7-11-37-12-8-19)28(34-26)36-16-21-6-10-35(2)24(21)17-36/h3-5,9,13-15,19,21,24H,6-8,10-12,16-17H2,1-2H3,(H,31,33,34)/t21-,24+/m0/s1. The Morgan fingerprint density at radius 2 is 1.89 bits per heavy atom. The van der Waals surface area contributed by atoms with E-state index in [1.807, 2.05) is 31.5 Å². The second kappa shape index (κ2) is 9.87. The first-order valence-corrected chi connectivity index (χ1v) is 14.4. The number of aryl methyl sites for hydroxylation is 1. The van der Waals surface area contributed by atoms with Crippen LogP contribution in [0.4, 0.5) is 17.5 Å². The summed E-state index contributed by atoms with van der Waals surface area (Å²) in [5.74, 6) is 3.95. The molecule has 3 aliphatic rings. The highest BCUT2D eigenvalue weighted by molar-refractivity contribution is 7.21. The SMILES string of the molecule is Cc1cc(-c2nc3cc(Nc4ccc(C5CCOCC5)c(N5C[C@@H]6CCN(C)[C@@H]6C5)n4)ncc3s2)ccn1. The van der Waals surface area contributed by atoms with Crippen molar-refractivity contribution >= 4 is 39.0 Å². The summed E-state index contributed by atoms with van der Waals surface area (Å²) >= 11 is 1.65. The van der Waals surface area contributed by atoms with Gasteiger partial charge in [0.25, 0.3) is 0 Å². The van der Waals surface area contributed by atoms with E-state index in [-0.39, 0.29) is 0 Å². The lowest BCUT2D eigenvalue weighted by Gasteiger charge is -2.29. The Labute approximate surface area is 227 Å². The van der Waals surface area contributed by atoms with Gasteiger partial charge in [-0.1, -0.05) is 6.07 Å². The van der Waals surface area contributed by atoms with Gasteiger partial charge in [-0.3, -0.25) is 4.98 Å². The second-order valence-electron chi connectivity index (χ2n) is 10.9. The molecule has 7 heterocycles. The lowest BCUT2D eigenvalue weighted by Crippen LogP contribution is -2.33. The molecule has 9 heteroatoms. The maximum atomic E-state index is 5.67. The highest BCUT2D eigenvalue weighted by Gasteiger charge is 2.41. The molecule has 0 saturated carbocycles. The summed E-state index contributed by atoms with van der Waals surface area (Å²) in [6.45, 7) is 7.00. The summed E-state index contributed by atoms with van der Waals surface area (Å²) < 4.78 is 6.73. The van der Waals surface area contributed by atoms with Gasteiger partial charge in [-0.15, -0.1) is 11.3 Å². The molecule has 0 spiro atoms. The van der Waals surface area contributed by atoms with Crippen molar-refractivity contribution in [1.82, 2.24) is 24.8 Å². The smallest absolute Gasteiger partial charge is 0.134 e. The van der Waals surface area contributed by atoms with E-state index in [0.29, 0.717) is 12.0 Å². The fraction of sp³-hybridized carbons (Fsp3) is 0.448. The van der Waals surface area contributed by atoms with Gasteiger partial charge in [0.05, 0.1) is 10.2 Å². The van der Waals surface area contributed by atoms with Gasteiger partial charge in [-0.25, -0.2) is 15.0 Å². The van der Waals surface area contributed by atoms with Crippen LogP contribution < -0.4 is 10.2 Å². The quantitative estimate of drug-likeness (QED) is 0.378. The zero-order chi connectivity index (χ0) is 25.6. The summed E-state index contributed by atoms with van der Waals surface area (Å²) in [6.07, 6.45) is 7.14. The Balaban J connectivity index is 1.18. The van der Waals surface area contributed by atoms with Gasteiger partial charge in [0.2, 0.25) is 0 Å². The van der Waals surface area contributed by atoms with Crippen molar-refractivity contribution in [3.63, 3.8) is 0 Å². The number of likely N-dealkylation sites (N-methyl/N-ethyl adjacent to an activating group) is 1. The minimum atomic E-state index is 0.498. The second-order valence-corrected chi connectivity index (χ2v) is 11.9. The van der Waals surface area contributed by atoms with Gasteiger partial charge in [0.15, 0.2) is 0 Å². The first-order valence-electron chi connectivity index (χ1n) is 13.6. The number of pyridine rings is 3. The number of ether oxygens (including phenoxy) is 1. The van der Waals surface area contributed by atoms with Crippen LogP contribution in [0.1, 0.15) is 36.4 Å². The summed E-state index contributed by atoms with van der Waals surface area (Å²) in [5, 5.41) is 4.46. The molecule has 0 bridgehead atoms. The molecule has 1 N–H and O–H groups in total. The first kappa shape index (κ1) is 23.9. The van der Waals surface area contributed by atoms with Gasteiger partial charge in [-0.05, 0) is 75.4 Å². The number of nitrogens with zero attached hydrogens (tertiary/aromatic N) is 6. The van der Waals surface area contributed by atoms with Crippen molar-refractivity contribution in [2.24, 2.45) is 5.92 Å². The Hall–Kier alpha value is -3.14. The predicted octanol–water partition coefficient (Wildman–Crippen LogP) is 5.23. The molecule has 38 heavy (non-hydrogen) atoms. The van der Waals surface area contributed by atoms with Gasteiger partial charge < -0.3 is 19.9 Å². The molecule has 0 aromatic carbocycles. The molecule has 0 amide bonds. The van der Waals surface area contributed by atoms with E-state index < -0.39 is 0 Å². The van der Waals surface area contributed by atoms with Crippen LogP contribution in [0.25, 0.3) is 20.8 Å². The fourth-order valence-electron chi connectivity index (χ4n) is 6.29. The van der Waals surface area contributed by atoms with Gasteiger partial charge in [0, 0.05) is 62.1 Å². The Morgan fingerprint density at radius 3 is 2.74 bits per heavy atom. The average molecular weight is 528 g/mol. The third-order valence-electron chi connectivity index (χ3n) is 8.37. The number of anilines is 3. The van der Waals surface area contributed by atoms with Crippen molar-refractivity contribution < 1.29 is 4.74 Å². The van der Waals surface area contributed by atoms with Gasteiger partial charge in [0.1, 0.15) is 22.5 Å². The van der Waals surface area contributed by atoms with E-state index in [1.165, 1.54) is 18.5 Å². The average Bonchev–Trinajstić information content (AvgIpc) is 3.65. The van der Waals surface area contributed by atoms with E-state index in [9.17, 15) is 0 Å². The molecule has 3 saturated heterocycles. The topological polar surface area (TPSA) is 79.3 Å². The summed E-state index contributed by atoms with van der Waals surface area (Å²) in [5.41, 5.74) is 4.37. The normalized spacial score (nSPS) is 22.3. The third kappa shape index (κ3) is 4.52. The van der Waals surface area contributed by atoms with E-state index in [2.05, 4.69) is 45.3 Å². The van der Waals surface area contributed by atoms with Crippen LogP contribution in [-0.2, 0) is 4.74 Å². The molecule has 196 valence electrons. The number of aromatic nitrogens is 4. The minimum absolute atomic E-state index is 0.498. The number of hydrogen-bond donors (Lipinski definition) is 1. The first-order chi connectivity index (χ1) is 18.6. The van der Waals surface area contributed by atoms with Crippen LogP contribution >= 0.6 is 11.3 Å². The summed E-state index contributed by atoms with van der Waals surface area (Å²) in [6, 6.07) is 11.1. The molecule has 4 aromatic heterocycles. The molecule has 4 aromatic rings. The van der Waals surface area contributed by atoms with Crippen LogP contribution in [0.3, 0.4) is 0 Å². The number of thiazole rings is 1. The fourth-order valence-corrected chi connectivity index (χ4v) is 7.20. The van der Waals surface area contributed by atoms with E-state index in [4.69, 9.17) is 19.7 Å². The highest BCUT2D eigenvalue weighted by atomic mass is 32.1. The molecule has 8 nitrogen and oxygen atoms in total. The monoisotopic (exact) mass is 527 g/mol. The summed E-state index contributed by atoms with van der Waals surface area (Å²) in [7, 11) is 2.26. The van der Waals surface area contributed by atoms with E-state index in [0.717, 1.165) is 89.0 Å². The zero-order valence-corrected chi connectivity index (χ0v) is 22.7. The summed E-state index contributed by atoms with van der Waals surface area (Å²) in [4.78, 5) is 24.2. The van der Waals surface area contributed by atoms with Crippen molar-refractivity contribution in [3.8, 4) is 10.6 Å². The van der Waals surface area contributed by atoms with E-state index >= 15 is 0 Å². The Kier molecular flexibility index (Phi) is 6.22. The molecular weight excluding hydrogens is 494 g/mol. The number of fused-ring (bicyclic) bond motifs is 2. The van der Waals surface area contributed by atoms with Crippen LogP contribution in [-0.4, -0.2) is 70.8 Å². The lowest BCUT2D eigenvalue weighted by molar-refractivity contribution is 0.0853. The van der Waals surface area contributed by atoms with Crippen molar-refractivity contribution in [2.45, 2.75) is 38.1 Å². The Bertz CT molecular complexity index is 1470. The Morgan fingerprint density at radius 1 is 1.00 bits per heavy atom. The lowest BCUT2D eigenvalue weighted by atomic mass is 9.91. The van der Waals surface area contributed by atoms with Crippen molar-refractivity contribution in [1.29, 1.82) is 0 Å². The van der Waals surface area contributed by atoms with Crippen LogP contribution in [0.2, 0.25) is 0 Å². The van der Waals surface area contributed by atoms with Crippen LogP contribution in [0.5, 0.6) is 0 Å². The number of nitrogens with one attached hydrogen (secondary N) is 1. The molecular formula is C29H33N7OS. The molecule has 2 atom stereocenters.